The third-order valence-corrected chi connectivity index (χ3v) is 6.09. The molecule has 4 aromatic rings. The molecule has 1 N–H and O–H groups in total. The molecule has 5 nitrogen and oxygen atoms in total. The second kappa shape index (κ2) is 7.88. The molecular formula is C24H23N3O2S. The van der Waals surface area contributed by atoms with Gasteiger partial charge in [0, 0.05) is 28.0 Å². The number of ether oxygens (including phenoxy) is 2. The van der Waals surface area contributed by atoms with Gasteiger partial charge in [0.2, 0.25) is 0 Å². The fraction of sp³-hybridized carbons (Fsp3) is 0.208. The zero-order valence-corrected chi connectivity index (χ0v) is 17.8. The molecule has 3 heterocycles. The molecule has 0 bridgehead atoms. The van der Waals surface area contributed by atoms with Crippen LogP contribution in [-0.2, 0) is 6.54 Å². The van der Waals surface area contributed by atoms with Crippen molar-refractivity contribution >= 4 is 22.2 Å². The molecule has 0 unspecified atom stereocenters. The van der Waals surface area contributed by atoms with Crippen LogP contribution in [0.15, 0.2) is 66.0 Å². The van der Waals surface area contributed by atoms with Crippen LogP contribution in [0.3, 0.4) is 0 Å². The average Bonchev–Trinajstić information content (AvgIpc) is 3.34. The summed E-state index contributed by atoms with van der Waals surface area (Å²) in [6.45, 7) is 5.56. The van der Waals surface area contributed by atoms with Gasteiger partial charge < -0.3 is 19.4 Å². The second-order valence-corrected chi connectivity index (χ2v) is 8.28. The molecule has 2 aromatic heterocycles. The summed E-state index contributed by atoms with van der Waals surface area (Å²) in [5, 5.41) is 6.37. The molecule has 6 heteroatoms. The molecule has 0 aliphatic carbocycles. The summed E-state index contributed by atoms with van der Waals surface area (Å²) in [5.41, 5.74) is 5.56. The number of hydrogen-bond donors (Lipinski definition) is 1. The standard InChI is InChI=1S/C24H23N3O2S/c1-16-12-20(21-15-30-24(26-21)25-18-8-4-3-5-9-18)17(2)27(16)13-19-14-28-22-10-6-7-11-23(22)29-19/h3-12,15,19H,13-14H2,1-2H3,(H,25,26)/t19-/m1/s1. The quantitative estimate of drug-likeness (QED) is 0.445. The van der Waals surface area contributed by atoms with Gasteiger partial charge in [-0.2, -0.15) is 0 Å². The first-order chi connectivity index (χ1) is 14.7. The van der Waals surface area contributed by atoms with Crippen molar-refractivity contribution in [1.29, 1.82) is 0 Å². The van der Waals surface area contributed by atoms with Gasteiger partial charge in [-0.15, -0.1) is 11.3 Å². The van der Waals surface area contributed by atoms with E-state index in [1.165, 1.54) is 11.4 Å². The molecule has 2 aromatic carbocycles. The first kappa shape index (κ1) is 18.8. The zero-order valence-electron chi connectivity index (χ0n) is 17.0. The van der Waals surface area contributed by atoms with E-state index >= 15 is 0 Å². The van der Waals surface area contributed by atoms with Crippen molar-refractivity contribution < 1.29 is 9.47 Å². The first-order valence-electron chi connectivity index (χ1n) is 10.0. The first-order valence-corrected chi connectivity index (χ1v) is 10.9. The minimum atomic E-state index is -0.0247. The largest absolute Gasteiger partial charge is 0.486 e. The fourth-order valence-electron chi connectivity index (χ4n) is 3.80. The molecule has 1 aliphatic heterocycles. The topological polar surface area (TPSA) is 48.3 Å². The Labute approximate surface area is 179 Å². The highest BCUT2D eigenvalue weighted by atomic mass is 32.1. The summed E-state index contributed by atoms with van der Waals surface area (Å²) in [6.07, 6.45) is -0.0247. The van der Waals surface area contributed by atoms with Crippen LogP contribution >= 0.6 is 11.3 Å². The highest BCUT2D eigenvalue weighted by Crippen LogP contribution is 2.34. The van der Waals surface area contributed by atoms with Crippen molar-refractivity contribution in [2.45, 2.75) is 26.5 Å². The molecular weight excluding hydrogens is 394 g/mol. The lowest BCUT2D eigenvalue weighted by Gasteiger charge is -2.27. The van der Waals surface area contributed by atoms with Crippen LogP contribution in [0.4, 0.5) is 10.8 Å². The number of anilines is 2. The number of rotatable bonds is 5. The van der Waals surface area contributed by atoms with E-state index in [4.69, 9.17) is 14.5 Å². The van der Waals surface area contributed by atoms with Crippen molar-refractivity contribution in [3.05, 3.63) is 77.4 Å². The van der Waals surface area contributed by atoms with Gasteiger partial charge in [0.1, 0.15) is 6.61 Å². The van der Waals surface area contributed by atoms with E-state index in [1.807, 2.05) is 54.6 Å². The highest BCUT2D eigenvalue weighted by Gasteiger charge is 2.23. The molecule has 0 spiro atoms. The molecule has 0 saturated carbocycles. The summed E-state index contributed by atoms with van der Waals surface area (Å²) < 4.78 is 14.3. The third kappa shape index (κ3) is 3.66. The number of para-hydroxylation sites is 3. The molecule has 1 atom stereocenters. The number of hydrogen-bond acceptors (Lipinski definition) is 5. The van der Waals surface area contributed by atoms with Gasteiger partial charge in [-0.05, 0) is 44.2 Å². The summed E-state index contributed by atoms with van der Waals surface area (Å²) in [5.74, 6) is 1.63. The lowest BCUT2D eigenvalue weighted by molar-refractivity contribution is 0.0778. The number of benzene rings is 2. The maximum atomic E-state index is 6.16. The van der Waals surface area contributed by atoms with Crippen LogP contribution in [0.2, 0.25) is 0 Å². The van der Waals surface area contributed by atoms with Crippen LogP contribution in [0.1, 0.15) is 11.4 Å². The van der Waals surface area contributed by atoms with Gasteiger partial charge >= 0.3 is 0 Å². The van der Waals surface area contributed by atoms with Crippen LogP contribution < -0.4 is 14.8 Å². The van der Waals surface area contributed by atoms with Crippen LogP contribution in [0.25, 0.3) is 11.3 Å². The van der Waals surface area contributed by atoms with E-state index in [0.29, 0.717) is 6.61 Å². The molecule has 0 saturated heterocycles. The van der Waals surface area contributed by atoms with Gasteiger partial charge in [0.15, 0.2) is 22.7 Å². The molecule has 0 radical (unpaired) electrons. The molecule has 1 aliphatic rings. The Balaban J connectivity index is 1.34. The van der Waals surface area contributed by atoms with Crippen LogP contribution in [0, 0.1) is 13.8 Å². The highest BCUT2D eigenvalue weighted by molar-refractivity contribution is 7.14. The Hall–Kier alpha value is -3.25. The van der Waals surface area contributed by atoms with E-state index in [2.05, 4.69) is 35.2 Å². The Kier molecular flexibility index (Phi) is 4.93. The number of aryl methyl sites for hydroxylation is 1. The Bertz CT molecular complexity index is 1170. The molecule has 5 rings (SSSR count). The fourth-order valence-corrected chi connectivity index (χ4v) is 4.53. The van der Waals surface area contributed by atoms with Crippen molar-refractivity contribution in [3.8, 4) is 22.8 Å². The lowest BCUT2D eigenvalue weighted by Crippen LogP contribution is -2.33. The minimum absolute atomic E-state index is 0.0247. The predicted octanol–water partition coefficient (Wildman–Crippen LogP) is 5.81. The van der Waals surface area contributed by atoms with Crippen molar-refractivity contribution in [2.24, 2.45) is 0 Å². The Morgan fingerprint density at radius 2 is 1.83 bits per heavy atom. The SMILES string of the molecule is Cc1cc(-c2csc(Nc3ccccc3)n2)c(C)n1C[C@@H]1COc2ccccc2O1. The smallest absolute Gasteiger partial charge is 0.187 e. The summed E-state index contributed by atoms with van der Waals surface area (Å²) in [7, 11) is 0. The monoisotopic (exact) mass is 417 g/mol. The lowest BCUT2D eigenvalue weighted by atomic mass is 10.2. The molecule has 0 fully saturated rings. The van der Waals surface area contributed by atoms with E-state index in [9.17, 15) is 0 Å². The Morgan fingerprint density at radius 1 is 1.07 bits per heavy atom. The number of thiazole rings is 1. The normalized spacial score (nSPS) is 15.2. The summed E-state index contributed by atoms with van der Waals surface area (Å²) >= 11 is 1.61. The maximum absolute atomic E-state index is 6.16. The van der Waals surface area contributed by atoms with Crippen molar-refractivity contribution in [2.75, 3.05) is 11.9 Å². The molecule has 152 valence electrons. The van der Waals surface area contributed by atoms with Crippen LogP contribution in [-0.4, -0.2) is 22.3 Å². The number of aromatic nitrogens is 2. The summed E-state index contributed by atoms with van der Waals surface area (Å²) in [6, 6.07) is 20.1. The Morgan fingerprint density at radius 3 is 2.67 bits per heavy atom. The third-order valence-electron chi connectivity index (χ3n) is 5.33. The second-order valence-electron chi connectivity index (χ2n) is 7.42. The van der Waals surface area contributed by atoms with E-state index < -0.39 is 0 Å². The number of nitrogens with zero attached hydrogens (tertiary/aromatic N) is 2. The van der Waals surface area contributed by atoms with E-state index in [-0.39, 0.29) is 6.10 Å². The van der Waals surface area contributed by atoms with Gasteiger partial charge in [0.05, 0.1) is 12.2 Å². The minimum Gasteiger partial charge on any atom is -0.486 e. The maximum Gasteiger partial charge on any atom is 0.187 e. The number of nitrogens with one attached hydrogen (secondary N) is 1. The van der Waals surface area contributed by atoms with Gasteiger partial charge in [-0.1, -0.05) is 30.3 Å². The van der Waals surface area contributed by atoms with Crippen molar-refractivity contribution in [3.63, 3.8) is 0 Å². The molecule has 0 amide bonds. The zero-order chi connectivity index (χ0) is 20.5. The summed E-state index contributed by atoms with van der Waals surface area (Å²) in [4.78, 5) is 4.81. The van der Waals surface area contributed by atoms with Crippen LogP contribution in [0.5, 0.6) is 11.5 Å². The molecule has 30 heavy (non-hydrogen) atoms. The van der Waals surface area contributed by atoms with E-state index in [1.54, 1.807) is 11.3 Å². The van der Waals surface area contributed by atoms with Gasteiger partial charge in [0.25, 0.3) is 0 Å². The van der Waals surface area contributed by atoms with Gasteiger partial charge in [-0.25, -0.2) is 4.98 Å². The van der Waals surface area contributed by atoms with Gasteiger partial charge in [-0.3, -0.25) is 0 Å². The average molecular weight is 418 g/mol. The number of fused-ring (bicyclic) bond motifs is 1. The van der Waals surface area contributed by atoms with E-state index in [0.717, 1.165) is 40.1 Å². The predicted molar refractivity (Wildman–Crippen MR) is 121 cm³/mol. The van der Waals surface area contributed by atoms with Crippen molar-refractivity contribution in [1.82, 2.24) is 9.55 Å².